The average molecular weight is 426 g/mol. The van der Waals surface area contributed by atoms with Crippen LogP contribution in [0.15, 0.2) is 18.5 Å². The van der Waals surface area contributed by atoms with E-state index in [4.69, 9.17) is 14.6 Å². The second-order valence-electron chi connectivity index (χ2n) is 6.46. The van der Waals surface area contributed by atoms with Crippen LogP contribution in [0, 0.1) is 11.8 Å². The molecule has 9 nitrogen and oxygen atoms in total. The van der Waals surface area contributed by atoms with Gasteiger partial charge in [-0.15, -0.1) is 0 Å². The lowest BCUT2D eigenvalue weighted by Crippen LogP contribution is -2.44. The van der Waals surface area contributed by atoms with Crippen LogP contribution in [0.4, 0.5) is 19.1 Å². The number of halogens is 3. The summed E-state index contributed by atoms with van der Waals surface area (Å²) in [6, 6.07) is 1.77. The Kier molecular flexibility index (Phi) is 7.17. The van der Waals surface area contributed by atoms with Gasteiger partial charge in [0, 0.05) is 37.9 Å². The van der Waals surface area contributed by atoms with Crippen molar-refractivity contribution in [2.75, 3.05) is 37.8 Å². The van der Waals surface area contributed by atoms with E-state index in [0.29, 0.717) is 38.1 Å². The summed E-state index contributed by atoms with van der Waals surface area (Å²) in [5.74, 6) is -1.47. The van der Waals surface area contributed by atoms with Gasteiger partial charge in [-0.2, -0.15) is 13.2 Å². The predicted octanol–water partition coefficient (Wildman–Crippen LogP) is 0.818. The monoisotopic (exact) mass is 426 g/mol. The number of fused-ring (bicyclic) bond motifs is 1. The van der Waals surface area contributed by atoms with Crippen molar-refractivity contribution < 1.29 is 36.2 Å². The van der Waals surface area contributed by atoms with Gasteiger partial charge in [0.05, 0.1) is 19.0 Å². The second-order valence-corrected chi connectivity index (χ2v) is 8.44. The lowest BCUT2D eigenvalue weighted by Gasteiger charge is -2.34. The summed E-state index contributed by atoms with van der Waals surface area (Å²) < 4.78 is 62.4. The van der Waals surface area contributed by atoms with Gasteiger partial charge in [0.15, 0.2) is 0 Å². The Bertz CT molecular complexity index is 763. The number of aliphatic carboxylic acids is 1. The SMILES string of the molecule is CS(=O)(=O)N1CC[C@@H]2[C@@H](CO[C@@H]2CNc2ncccn2)C1.O=C(O)C(F)(F)F. The molecule has 2 saturated heterocycles. The van der Waals surface area contributed by atoms with Crippen LogP contribution in [0.3, 0.4) is 0 Å². The van der Waals surface area contributed by atoms with Crippen molar-refractivity contribution in [3.8, 4) is 0 Å². The van der Waals surface area contributed by atoms with Crippen LogP contribution in [-0.4, -0.2) is 78.5 Å². The molecule has 2 N–H and O–H groups in total. The van der Waals surface area contributed by atoms with Crippen molar-refractivity contribution in [1.29, 1.82) is 0 Å². The number of alkyl halides is 3. The summed E-state index contributed by atoms with van der Waals surface area (Å²) in [7, 11) is -3.10. The van der Waals surface area contributed by atoms with Crippen molar-refractivity contribution in [3.05, 3.63) is 18.5 Å². The Morgan fingerprint density at radius 3 is 2.54 bits per heavy atom. The molecule has 0 spiro atoms. The highest BCUT2D eigenvalue weighted by Crippen LogP contribution is 2.35. The Hall–Kier alpha value is -1.99. The number of carboxylic acid groups (broad SMARTS) is 1. The highest BCUT2D eigenvalue weighted by atomic mass is 32.2. The fourth-order valence-electron chi connectivity index (χ4n) is 3.15. The predicted molar refractivity (Wildman–Crippen MR) is 92.0 cm³/mol. The fourth-order valence-corrected chi connectivity index (χ4v) is 4.05. The minimum atomic E-state index is -5.08. The number of rotatable bonds is 4. The summed E-state index contributed by atoms with van der Waals surface area (Å²) >= 11 is 0. The van der Waals surface area contributed by atoms with Gasteiger partial charge in [-0.25, -0.2) is 27.5 Å². The van der Waals surface area contributed by atoms with E-state index in [-0.39, 0.29) is 12.0 Å². The number of nitrogens with one attached hydrogen (secondary N) is 1. The molecule has 3 heterocycles. The largest absolute Gasteiger partial charge is 0.490 e. The Balaban J connectivity index is 0.000000345. The standard InChI is InChI=1S/C13H20N4O3S.C2HF3O2/c1-21(18,19)17-6-3-11-10(8-17)9-20-12(11)7-16-13-14-4-2-5-15-13;3-2(4,5)1(6)7/h2,4-5,10-12H,3,6-9H2,1H3,(H,14,15,16);(H,6,7)/t10-,11-,12-;/m1./s1. The van der Waals surface area contributed by atoms with E-state index in [1.165, 1.54) is 6.26 Å². The van der Waals surface area contributed by atoms with Crippen molar-refractivity contribution in [1.82, 2.24) is 14.3 Å². The van der Waals surface area contributed by atoms with Gasteiger partial charge in [0.2, 0.25) is 16.0 Å². The zero-order chi connectivity index (χ0) is 20.9. The number of carbonyl (C=O) groups is 1. The number of carboxylic acids is 1. The highest BCUT2D eigenvalue weighted by Gasteiger charge is 2.42. The molecule has 3 atom stereocenters. The molecular weight excluding hydrogens is 405 g/mol. The molecule has 0 bridgehead atoms. The quantitative estimate of drug-likeness (QED) is 0.726. The van der Waals surface area contributed by atoms with E-state index in [1.807, 2.05) is 0 Å². The number of hydrogen-bond acceptors (Lipinski definition) is 7. The maximum Gasteiger partial charge on any atom is 0.490 e. The van der Waals surface area contributed by atoms with Crippen LogP contribution in [-0.2, 0) is 19.6 Å². The molecule has 0 saturated carbocycles. The number of aromatic nitrogens is 2. The van der Waals surface area contributed by atoms with Gasteiger partial charge in [-0.05, 0) is 18.4 Å². The first-order valence-corrected chi connectivity index (χ1v) is 10.2. The number of piperidine rings is 1. The van der Waals surface area contributed by atoms with E-state index in [9.17, 15) is 21.6 Å². The first kappa shape index (κ1) is 22.3. The molecule has 0 unspecified atom stereocenters. The third kappa shape index (κ3) is 6.27. The van der Waals surface area contributed by atoms with Crippen LogP contribution in [0.25, 0.3) is 0 Å². The third-order valence-electron chi connectivity index (χ3n) is 4.50. The first-order chi connectivity index (χ1) is 13.0. The number of sulfonamides is 1. The van der Waals surface area contributed by atoms with Crippen LogP contribution >= 0.6 is 0 Å². The van der Waals surface area contributed by atoms with Crippen LogP contribution in [0.1, 0.15) is 6.42 Å². The second kappa shape index (κ2) is 9.01. The Morgan fingerprint density at radius 1 is 1.39 bits per heavy atom. The molecule has 0 aliphatic carbocycles. The molecule has 28 heavy (non-hydrogen) atoms. The first-order valence-electron chi connectivity index (χ1n) is 8.36. The molecule has 3 rings (SSSR count). The summed E-state index contributed by atoms with van der Waals surface area (Å²) in [5, 5.41) is 10.3. The molecule has 13 heteroatoms. The zero-order valence-electron chi connectivity index (χ0n) is 15.0. The molecule has 1 aromatic rings. The van der Waals surface area contributed by atoms with Crippen LogP contribution in [0.5, 0.6) is 0 Å². The molecule has 0 amide bonds. The van der Waals surface area contributed by atoms with E-state index in [1.54, 1.807) is 22.8 Å². The summed E-state index contributed by atoms with van der Waals surface area (Å²) in [4.78, 5) is 17.1. The minimum absolute atomic E-state index is 0.0977. The summed E-state index contributed by atoms with van der Waals surface area (Å²) in [6.07, 6.45) is 0.519. The maximum atomic E-state index is 11.6. The number of anilines is 1. The molecule has 0 aromatic carbocycles. The smallest absolute Gasteiger partial charge is 0.475 e. The lowest BCUT2D eigenvalue weighted by atomic mass is 9.85. The molecule has 0 radical (unpaired) electrons. The molecule has 158 valence electrons. The van der Waals surface area contributed by atoms with Crippen molar-refractivity contribution >= 4 is 21.9 Å². The minimum Gasteiger partial charge on any atom is -0.475 e. The molecular formula is C15H21F3N4O5S. The normalized spacial score (nSPS) is 25.4. The average Bonchev–Trinajstić information content (AvgIpc) is 3.02. The van der Waals surface area contributed by atoms with E-state index < -0.39 is 22.2 Å². The fraction of sp³-hybridized carbons (Fsp3) is 0.667. The molecule has 2 aliphatic heterocycles. The third-order valence-corrected chi connectivity index (χ3v) is 5.77. The number of hydrogen-bond donors (Lipinski definition) is 2. The van der Waals surface area contributed by atoms with Crippen LogP contribution < -0.4 is 5.32 Å². The lowest BCUT2D eigenvalue weighted by molar-refractivity contribution is -0.192. The van der Waals surface area contributed by atoms with E-state index in [2.05, 4.69) is 15.3 Å². The topological polar surface area (TPSA) is 122 Å². The molecule has 2 fully saturated rings. The summed E-state index contributed by atoms with van der Waals surface area (Å²) in [5.41, 5.74) is 0. The Morgan fingerprint density at radius 2 is 2.00 bits per heavy atom. The van der Waals surface area contributed by atoms with Gasteiger partial charge in [-0.1, -0.05) is 0 Å². The van der Waals surface area contributed by atoms with Gasteiger partial charge in [0.25, 0.3) is 0 Å². The van der Waals surface area contributed by atoms with Crippen molar-refractivity contribution in [2.45, 2.75) is 18.7 Å². The van der Waals surface area contributed by atoms with Gasteiger partial charge in [-0.3, -0.25) is 0 Å². The number of ether oxygens (including phenoxy) is 1. The van der Waals surface area contributed by atoms with Crippen molar-refractivity contribution in [2.24, 2.45) is 11.8 Å². The zero-order valence-corrected chi connectivity index (χ0v) is 15.8. The van der Waals surface area contributed by atoms with E-state index in [0.717, 1.165) is 6.42 Å². The van der Waals surface area contributed by atoms with Crippen LogP contribution in [0.2, 0.25) is 0 Å². The molecule has 1 aromatic heterocycles. The van der Waals surface area contributed by atoms with Gasteiger partial charge < -0.3 is 15.2 Å². The number of nitrogens with zero attached hydrogens (tertiary/aromatic N) is 3. The Labute approximate surface area is 160 Å². The van der Waals surface area contributed by atoms with E-state index >= 15 is 0 Å². The summed E-state index contributed by atoms with van der Waals surface area (Å²) in [6.45, 7) is 2.44. The van der Waals surface area contributed by atoms with Gasteiger partial charge >= 0.3 is 12.1 Å². The maximum absolute atomic E-state index is 11.6. The van der Waals surface area contributed by atoms with Gasteiger partial charge in [0.1, 0.15) is 0 Å². The molecule has 2 aliphatic rings. The highest BCUT2D eigenvalue weighted by molar-refractivity contribution is 7.88. The van der Waals surface area contributed by atoms with Crippen molar-refractivity contribution in [3.63, 3.8) is 0 Å².